The molecule has 1 unspecified atom stereocenters. The second-order valence-electron chi connectivity index (χ2n) is 13.1. The van der Waals surface area contributed by atoms with Crippen molar-refractivity contribution in [1.29, 1.82) is 0 Å². The van der Waals surface area contributed by atoms with E-state index in [1.807, 2.05) is 66.1 Å². The van der Waals surface area contributed by atoms with Gasteiger partial charge in [-0.05, 0) is 62.6 Å². The summed E-state index contributed by atoms with van der Waals surface area (Å²) in [5.41, 5.74) is 3.08. The van der Waals surface area contributed by atoms with Gasteiger partial charge >= 0.3 is 5.69 Å². The Morgan fingerprint density at radius 1 is 0.957 bits per heavy atom. The monoisotopic (exact) mass is 630 g/mol. The third kappa shape index (κ3) is 7.20. The molecule has 3 aliphatic heterocycles. The molecule has 0 spiro atoms. The number of aromatic nitrogens is 3. The molecule has 11 nitrogen and oxygen atoms in total. The van der Waals surface area contributed by atoms with E-state index in [1.54, 1.807) is 0 Å². The van der Waals surface area contributed by atoms with Crippen LogP contribution >= 0.6 is 0 Å². The number of hydrogen-bond acceptors (Lipinski definition) is 7. The Hall–Kier alpha value is -3.96. The summed E-state index contributed by atoms with van der Waals surface area (Å²) >= 11 is 0. The molecular weight excluding hydrogens is 584 g/mol. The third-order valence-electron chi connectivity index (χ3n) is 9.93. The minimum Gasteiger partial charge on any atom is -0.507 e. The van der Waals surface area contributed by atoms with E-state index in [-0.39, 0.29) is 35.7 Å². The van der Waals surface area contributed by atoms with Gasteiger partial charge in [-0.15, -0.1) is 5.10 Å². The first kappa shape index (κ1) is 32.0. The van der Waals surface area contributed by atoms with E-state index in [0.717, 1.165) is 61.4 Å². The number of carbonyl (C=O) groups excluding carboxylic acids is 2. The maximum absolute atomic E-state index is 14.0. The van der Waals surface area contributed by atoms with E-state index in [0.29, 0.717) is 57.3 Å². The van der Waals surface area contributed by atoms with Gasteiger partial charge in [-0.3, -0.25) is 19.5 Å². The smallest absolute Gasteiger partial charge is 0.343 e. The van der Waals surface area contributed by atoms with Gasteiger partial charge in [-0.1, -0.05) is 42.5 Å². The lowest BCUT2D eigenvalue weighted by atomic mass is 9.91. The van der Waals surface area contributed by atoms with Crippen molar-refractivity contribution in [3.05, 3.63) is 69.6 Å². The Balaban J connectivity index is 1.11. The Kier molecular flexibility index (Phi) is 9.89. The first-order valence-corrected chi connectivity index (χ1v) is 16.7. The largest absolute Gasteiger partial charge is 0.507 e. The van der Waals surface area contributed by atoms with Crippen LogP contribution in [0.1, 0.15) is 54.8 Å². The molecule has 2 atom stereocenters. The third-order valence-corrected chi connectivity index (χ3v) is 9.93. The fourth-order valence-corrected chi connectivity index (χ4v) is 7.28. The number of piperazine rings is 1. The zero-order chi connectivity index (χ0) is 32.2. The predicted molar refractivity (Wildman–Crippen MR) is 175 cm³/mol. The molecule has 0 bridgehead atoms. The fourth-order valence-electron chi connectivity index (χ4n) is 7.28. The van der Waals surface area contributed by atoms with Crippen LogP contribution in [0, 0.1) is 19.8 Å². The molecule has 0 radical (unpaired) electrons. The van der Waals surface area contributed by atoms with Crippen LogP contribution in [0.2, 0.25) is 0 Å². The summed E-state index contributed by atoms with van der Waals surface area (Å²) in [6.07, 6.45) is 4.00. The van der Waals surface area contributed by atoms with Gasteiger partial charge in [-0.25, -0.2) is 9.48 Å². The number of phenolic OH excluding ortho intramolecular Hbond substituents is 1. The van der Waals surface area contributed by atoms with Crippen molar-refractivity contribution in [3.8, 4) is 17.1 Å². The van der Waals surface area contributed by atoms with Crippen molar-refractivity contribution in [2.75, 3.05) is 52.5 Å². The number of piperidine rings is 1. The lowest BCUT2D eigenvalue weighted by molar-refractivity contribution is -0.143. The van der Waals surface area contributed by atoms with Crippen LogP contribution in [0.15, 0.2) is 47.3 Å². The number of likely N-dealkylation sites (tertiary alicyclic amines) is 1. The van der Waals surface area contributed by atoms with Gasteiger partial charge in [0, 0.05) is 63.9 Å². The van der Waals surface area contributed by atoms with E-state index in [9.17, 15) is 19.5 Å². The van der Waals surface area contributed by atoms with E-state index in [2.05, 4.69) is 15.0 Å². The normalized spacial score (nSPS) is 20.5. The molecule has 2 N–H and O–H groups in total. The van der Waals surface area contributed by atoms with Gasteiger partial charge < -0.3 is 19.6 Å². The molecule has 2 amide bonds. The highest BCUT2D eigenvalue weighted by Gasteiger charge is 2.34. The number of H-pyrrole nitrogens is 1. The van der Waals surface area contributed by atoms with Crippen LogP contribution in [0.5, 0.6) is 5.75 Å². The highest BCUT2D eigenvalue weighted by atomic mass is 16.5. The SMILES string of the molecule is Cc1cc(C[C@@H](CC(=O)N2CCC(n3nc(-c4ccccc4)[nH]c3=O)CC2)C(=O)N2CCN(C3CCCOC3)CC2)cc(C)c1O. The van der Waals surface area contributed by atoms with E-state index in [4.69, 9.17) is 4.74 Å². The summed E-state index contributed by atoms with van der Waals surface area (Å²) in [6.45, 7) is 9.21. The lowest BCUT2D eigenvalue weighted by Crippen LogP contribution is -2.55. The Morgan fingerprint density at radius 2 is 1.65 bits per heavy atom. The van der Waals surface area contributed by atoms with Crippen molar-refractivity contribution in [3.63, 3.8) is 0 Å². The number of carbonyl (C=O) groups is 2. The van der Waals surface area contributed by atoms with E-state index < -0.39 is 5.92 Å². The van der Waals surface area contributed by atoms with Crippen LogP contribution < -0.4 is 5.69 Å². The molecule has 4 heterocycles. The van der Waals surface area contributed by atoms with Crippen LogP contribution in [0.4, 0.5) is 0 Å². The number of rotatable bonds is 8. The molecule has 46 heavy (non-hydrogen) atoms. The molecule has 6 rings (SSSR count). The molecule has 246 valence electrons. The average Bonchev–Trinajstić information content (AvgIpc) is 3.48. The Labute approximate surface area is 270 Å². The number of aromatic hydroxyl groups is 1. The van der Waals surface area contributed by atoms with Crippen molar-refractivity contribution < 1.29 is 19.4 Å². The summed E-state index contributed by atoms with van der Waals surface area (Å²) < 4.78 is 7.22. The molecule has 0 saturated carbocycles. The summed E-state index contributed by atoms with van der Waals surface area (Å²) in [7, 11) is 0. The summed E-state index contributed by atoms with van der Waals surface area (Å²) in [5.74, 6) is 0.280. The van der Waals surface area contributed by atoms with E-state index >= 15 is 0 Å². The van der Waals surface area contributed by atoms with Gasteiger partial charge in [0.1, 0.15) is 5.75 Å². The molecule has 2 aromatic carbocycles. The minimum atomic E-state index is -0.500. The number of hydrogen-bond donors (Lipinski definition) is 2. The molecule has 3 aromatic rings. The van der Waals surface area contributed by atoms with Crippen LogP contribution in [-0.4, -0.2) is 105 Å². The average molecular weight is 631 g/mol. The second-order valence-corrected chi connectivity index (χ2v) is 13.1. The molecular formula is C35H46N6O5. The number of aromatic amines is 1. The second kappa shape index (κ2) is 14.2. The lowest BCUT2D eigenvalue weighted by Gasteiger charge is -2.41. The quantitative estimate of drug-likeness (QED) is 0.392. The van der Waals surface area contributed by atoms with Crippen molar-refractivity contribution in [2.45, 2.75) is 64.5 Å². The van der Waals surface area contributed by atoms with Gasteiger partial charge in [0.05, 0.1) is 18.6 Å². The van der Waals surface area contributed by atoms with Crippen molar-refractivity contribution >= 4 is 11.8 Å². The highest BCUT2D eigenvalue weighted by molar-refractivity contribution is 5.86. The van der Waals surface area contributed by atoms with Crippen molar-refractivity contribution in [2.24, 2.45) is 5.92 Å². The number of amides is 2. The zero-order valence-electron chi connectivity index (χ0n) is 27.0. The molecule has 0 aliphatic carbocycles. The zero-order valence-corrected chi connectivity index (χ0v) is 27.0. The van der Waals surface area contributed by atoms with Crippen LogP contribution in [-0.2, 0) is 20.7 Å². The highest BCUT2D eigenvalue weighted by Crippen LogP contribution is 2.28. The van der Waals surface area contributed by atoms with Crippen LogP contribution in [0.3, 0.4) is 0 Å². The van der Waals surface area contributed by atoms with Crippen molar-refractivity contribution in [1.82, 2.24) is 29.5 Å². The minimum absolute atomic E-state index is 0.0164. The molecule has 3 aliphatic rings. The van der Waals surface area contributed by atoms with Gasteiger partial charge in [0.2, 0.25) is 11.8 Å². The molecule has 11 heteroatoms. The van der Waals surface area contributed by atoms with E-state index in [1.165, 1.54) is 4.68 Å². The topological polar surface area (TPSA) is 124 Å². The number of aryl methyl sites for hydroxylation is 2. The Morgan fingerprint density at radius 3 is 2.30 bits per heavy atom. The summed E-state index contributed by atoms with van der Waals surface area (Å²) in [6, 6.07) is 13.7. The first-order chi connectivity index (χ1) is 22.3. The van der Waals surface area contributed by atoms with Gasteiger partial charge in [0.25, 0.3) is 0 Å². The predicted octanol–water partition coefficient (Wildman–Crippen LogP) is 3.30. The summed E-state index contributed by atoms with van der Waals surface area (Å²) in [5, 5.41) is 14.9. The van der Waals surface area contributed by atoms with Gasteiger partial charge in [-0.2, -0.15) is 0 Å². The number of phenols is 1. The number of nitrogens with zero attached hydrogens (tertiary/aromatic N) is 5. The fraction of sp³-hybridized carbons (Fsp3) is 0.543. The molecule has 3 fully saturated rings. The number of ether oxygens (including phenoxy) is 1. The maximum atomic E-state index is 14.0. The van der Waals surface area contributed by atoms with Crippen LogP contribution in [0.25, 0.3) is 11.4 Å². The molecule has 3 saturated heterocycles. The Bertz CT molecular complexity index is 1540. The number of nitrogens with one attached hydrogen (secondary N) is 1. The first-order valence-electron chi connectivity index (χ1n) is 16.7. The molecule has 1 aromatic heterocycles. The number of benzene rings is 2. The standard InChI is InChI=1S/C35H46N6O5/c1-24-19-26(20-25(2)32(24)43)21-28(34(44)40-16-14-38(15-17-40)30-9-6-18-46-23-30)22-31(42)39-12-10-29(11-13-39)41-35(45)36-33(37-41)27-7-4-3-5-8-27/h3-5,7-8,19-20,28-30,43H,6,9-18,21-23H2,1-2H3,(H,36,37,45)/t28-,30?/m0/s1. The van der Waals surface area contributed by atoms with Gasteiger partial charge in [0.15, 0.2) is 5.82 Å². The summed E-state index contributed by atoms with van der Waals surface area (Å²) in [4.78, 5) is 49.6. The maximum Gasteiger partial charge on any atom is 0.343 e.